The molecule has 0 bridgehead atoms. The Hall–Kier alpha value is -3.35. The van der Waals surface area contributed by atoms with Crippen LogP contribution in [0.4, 0.5) is 0 Å². The number of benzene rings is 2. The number of pyridine rings is 2. The molecule has 0 spiro atoms. The molecule has 1 unspecified atom stereocenters. The zero-order chi connectivity index (χ0) is 30.7. The van der Waals surface area contributed by atoms with Gasteiger partial charge in [0.05, 0.1) is 42.0 Å². The summed E-state index contributed by atoms with van der Waals surface area (Å²) >= 11 is 5.93. The van der Waals surface area contributed by atoms with E-state index < -0.39 is 29.7 Å². The smallest absolute Gasteiger partial charge is 0.343 e. The van der Waals surface area contributed by atoms with Crippen molar-refractivity contribution in [3.05, 3.63) is 92.2 Å². The molecule has 2 aromatic carbocycles. The fourth-order valence-corrected chi connectivity index (χ4v) is 10.2. The van der Waals surface area contributed by atoms with Gasteiger partial charge in [0.15, 0.2) is 5.60 Å². The Morgan fingerprint density at radius 2 is 1.84 bits per heavy atom. The number of rotatable bonds is 8. The van der Waals surface area contributed by atoms with Crippen LogP contribution in [0.5, 0.6) is 0 Å². The van der Waals surface area contributed by atoms with E-state index in [1.807, 2.05) is 24.3 Å². The first-order valence-electron chi connectivity index (χ1n) is 14.2. The number of hydrogen-bond acceptors (Lipinski definition) is 7. The number of esters is 1. The van der Waals surface area contributed by atoms with E-state index in [1.165, 1.54) is 12.1 Å². The van der Waals surface area contributed by atoms with Gasteiger partial charge in [0, 0.05) is 27.7 Å². The SMILES string of the molecule is CCC1(O)C(=O)OCc2c1cc1n(c2=O)Cc2c-1nc1ccccc1c2CC[Si](C)(C)CNS(=O)(=O)c1ccc(Cl)cc1. The lowest BCUT2D eigenvalue weighted by Gasteiger charge is -2.31. The highest BCUT2D eigenvalue weighted by Gasteiger charge is 2.45. The molecule has 2 aromatic heterocycles. The average molecular weight is 638 g/mol. The van der Waals surface area contributed by atoms with Gasteiger partial charge in [0.2, 0.25) is 10.0 Å². The van der Waals surface area contributed by atoms with Crippen molar-refractivity contribution in [2.45, 2.75) is 62.6 Å². The van der Waals surface area contributed by atoms with Crippen molar-refractivity contribution >= 4 is 46.6 Å². The highest BCUT2D eigenvalue weighted by atomic mass is 35.5. The predicted molar refractivity (Wildman–Crippen MR) is 167 cm³/mol. The molecule has 9 nitrogen and oxygen atoms in total. The van der Waals surface area contributed by atoms with Crippen LogP contribution in [-0.2, 0) is 44.7 Å². The molecule has 0 amide bonds. The molecular weight excluding hydrogens is 606 g/mol. The topological polar surface area (TPSA) is 128 Å². The molecule has 0 fully saturated rings. The third-order valence-electron chi connectivity index (χ3n) is 8.63. The number of hydrogen-bond donors (Lipinski definition) is 2. The summed E-state index contributed by atoms with van der Waals surface area (Å²) in [4.78, 5) is 31.4. The average Bonchev–Trinajstić information content (AvgIpc) is 3.35. The standard InChI is InChI=1S/C31H32ClN3O6SSi/c1-4-31(38)25-15-27-28-23(16-35(27)29(36)24(25)17-41-30(31)37)21(22-7-5-6-8-26(22)34-28)13-14-43(2,3)18-33-42(39,40)20-11-9-19(32)10-12-20/h5-12,15,33,38H,4,13-14,16-18H2,1-3H3. The van der Waals surface area contributed by atoms with Crippen molar-refractivity contribution in [1.29, 1.82) is 0 Å². The van der Waals surface area contributed by atoms with Gasteiger partial charge in [-0.2, -0.15) is 0 Å². The number of ether oxygens (including phenoxy) is 1. The second-order valence-electron chi connectivity index (χ2n) is 12.0. The second-order valence-corrected chi connectivity index (χ2v) is 19.4. The maximum absolute atomic E-state index is 13.7. The lowest BCUT2D eigenvalue weighted by atomic mass is 9.86. The van der Waals surface area contributed by atoms with Gasteiger partial charge in [-0.05, 0) is 54.8 Å². The number of halogens is 1. The molecule has 4 heterocycles. The van der Waals surface area contributed by atoms with Crippen LogP contribution in [0, 0.1) is 0 Å². The molecule has 0 saturated carbocycles. The van der Waals surface area contributed by atoms with Gasteiger partial charge in [0.25, 0.3) is 5.56 Å². The summed E-state index contributed by atoms with van der Waals surface area (Å²) in [5.41, 5.74) is 2.39. The summed E-state index contributed by atoms with van der Waals surface area (Å²) in [6, 6.07) is 16.4. The van der Waals surface area contributed by atoms with Crippen molar-refractivity contribution in [1.82, 2.24) is 14.3 Å². The zero-order valence-corrected chi connectivity index (χ0v) is 26.7. The molecule has 224 valence electrons. The number of aliphatic hydroxyl groups is 1. The second kappa shape index (κ2) is 10.7. The summed E-state index contributed by atoms with van der Waals surface area (Å²) in [5.74, 6) is -0.754. The van der Waals surface area contributed by atoms with Gasteiger partial charge < -0.3 is 14.4 Å². The van der Waals surface area contributed by atoms with E-state index in [1.54, 1.807) is 29.7 Å². The maximum Gasteiger partial charge on any atom is 0.343 e. The highest BCUT2D eigenvalue weighted by Crippen LogP contribution is 2.40. The van der Waals surface area contributed by atoms with Crippen molar-refractivity contribution in [2.24, 2.45) is 0 Å². The number of aryl methyl sites for hydroxylation is 1. The minimum absolute atomic E-state index is 0.0759. The third-order valence-corrected chi connectivity index (χ3v) is 13.3. The first-order valence-corrected chi connectivity index (χ1v) is 19.4. The molecule has 43 heavy (non-hydrogen) atoms. The normalized spacial score (nSPS) is 17.8. The maximum atomic E-state index is 13.7. The van der Waals surface area contributed by atoms with Crippen LogP contribution in [0.25, 0.3) is 22.3 Å². The molecule has 6 rings (SSSR count). The third kappa shape index (κ3) is 5.12. The molecule has 2 aliphatic rings. The summed E-state index contributed by atoms with van der Waals surface area (Å²) in [7, 11) is -5.77. The van der Waals surface area contributed by atoms with Crippen molar-refractivity contribution in [3.63, 3.8) is 0 Å². The largest absolute Gasteiger partial charge is 0.458 e. The van der Waals surface area contributed by atoms with Crippen LogP contribution >= 0.6 is 11.6 Å². The Morgan fingerprint density at radius 1 is 1.12 bits per heavy atom. The fraction of sp³-hybridized carbons (Fsp3) is 0.323. The van der Waals surface area contributed by atoms with Crippen LogP contribution in [0.1, 0.15) is 35.6 Å². The number of sulfonamides is 1. The Labute approximate surface area is 255 Å². The Morgan fingerprint density at radius 3 is 2.56 bits per heavy atom. The lowest BCUT2D eigenvalue weighted by Crippen LogP contribution is -2.44. The van der Waals surface area contributed by atoms with E-state index in [2.05, 4.69) is 17.8 Å². The number of carbonyl (C=O) groups is 1. The number of cyclic esters (lactones) is 1. The number of aromatic nitrogens is 2. The number of nitrogens with one attached hydrogen (secondary N) is 1. The Kier molecular flexibility index (Phi) is 7.37. The molecule has 1 atom stereocenters. The van der Waals surface area contributed by atoms with Gasteiger partial charge >= 0.3 is 5.97 Å². The van der Waals surface area contributed by atoms with E-state index >= 15 is 0 Å². The summed E-state index contributed by atoms with van der Waals surface area (Å²) < 4.78 is 35.5. The van der Waals surface area contributed by atoms with E-state index in [4.69, 9.17) is 21.3 Å². The minimum Gasteiger partial charge on any atom is -0.458 e. The van der Waals surface area contributed by atoms with Crippen LogP contribution in [0.15, 0.2) is 64.3 Å². The van der Waals surface area contributed by atoms with Crippen LogP contribution in [0.2, 0.25) is 24.2 Å². The predicted octanol–water partition coefficient (Wildman–Crippen LogP) is 4.50. The summed E-state index contributed by atoms with van der Waals surface area (Å²) in [6.07, 6.45) is 1.11. The van der Waals surface area contributed by atoms with E-state index in [9.17, 15) is 23.1 Å². The van der Waals surface area contributed by atoms with Gasteiger partial charge in [-0.1, -0.05) is 55.9 Å². The Bertz CT molecular complexity index is 1960. The van der Waals surface area contributed by atoms with Gasteiger partial charge in [-0.25, -0.2) is 22.9 Å². The lowest BCUT2D eigenvalue weighted by molar-refractivity contribution is -0.172. The Balaban J connectivity index is 1.34. The monoisotopic (exact) mass is 637 g/mol. The number of fused-ring (bicyclic) bond motifs is 5. The number of carbonyl (C=O) groups excluding carboxylic acids is 1. The molecule has 4 aromatic rings. The molecule has 12 heteroatoms. The quantitative estimate of drug-likeness (QED) is 0.189. The molecule has 0 saturated heterocycles. The number of para-hydroxylation sites is 1. The molecule has 0 radical (unpaired) electrons. The van der Waals surface area contributed by atoms with Crippen molar-refractivity contribution in [2.75, 3.05) is 6.17 Å². The van der Waals surface area contributed by atoms with Gasteiger partial charge in [0.1, 0.15) is 6.61 Å². The van der Waals surface area contributed by atoms with Crippen molar-refractivity contribution < 1.29 is 23.1 Å². The first kappa shape index (κ1) is 29.7. The van der Waals surface area contributed by atoms with E-state index in [0.717, 1.165) is 28.1 Å². The number of nitrogens with zero attached hydrogens (tertiary/aromatic N) is 2. The highest BCUT2D eigenvalue weighted by molar-refractivity contribution is 7.89. The van der Waals surface area contributed by atoms with Gasteiger partial charge in [-0.3, -0.25) is 4.79 Å². The summed E-state index contributed by atoms with van der Waals surface area (Å²) in [5, 5.41) is 12.7. The molecule has 2 N–H and O–H groups in total. The molecule has 2 aliphatic heterocycles. The van der Waals surface area contributed by atoms with Gasteiger partial charge in [-0.15, -0.1) is 0 Å². The molecule has 0 aliphatic carbocycles. The molecular formula is C31H32ClN3O6SSi. The van der Waals surface area contributed by atoms with E-state index in [0.29, 0.717) is 35.5 Å². The summed E-state index contributed by atoms with van der Waals surface area (Å²) in [6.45, 7) is 6.11. The zero-order valence-electron chi connectivity index (χ0n) is 24.1. The minimum atomic E-state index is -3.68. The van der Waals surface area contributed by atoms with Crippen LogP contribution < -0.4 is 10.3 Å². The van der Waals surface area contributed by atoms with Crippen LogP contribution in [0.3, 0.4) is 0 Å². The van der Waals surface area contributed by atoms with E-state index in [-0.39, 0.29) is 34.6 Å². The fourth-order valence-electron chi connectivity index (χ4n) is 5.94. The van der Waals surface area contributed by atoms with Crippen LogP contribution in [-0.4, -0.2) is 43.3 Å². The first-order chi connectivity index (χ1) is 20.3. The van der Waals surface area contributed by atoms with Crippen molar-refractivity contribution in [3.8, 4) is 11.4 Å².